The Hall–Kier alpha value is -2.00. The summed E-state index contributed by atoms with van der Waals surface area (Å²) in [5, 5.41) is 0. The van der Waals surface area contributed by atoms with Gasteiger partial charge in [-0.05, 0) is 25.6 Å². The van der Waals surface area contributed by atoms with Crippen LogP contribution in [0.25, 0.3) is 0 Å². The van der Waals surface area contributed by atoms with Crippen LogP contribution in [0.15, 0.2) is 54.6 Å². The third-order valence-electron chi connectivity index (χ3n) is 3.69. The van der Waals surface area contributed by atoms with Crippen LogP contribution >= 0.6 is 0 Å². The fraction of sp³-hybridized carbons (Fsp3) is 0.278. The number of hydrogen-bond acceptors (Lipinski definition) is 2. The molecule has 0 aliphatic heterocycles. The minimum Gasteiger partial charge on any atom is -0.298 e. The van der Waals surface area contributed by atoms with Crippen LogP contribution in [0.4, 0.5) is 4.39 Å². The van der Waals surface area contributed by atoms with Crippen molar-refractivity contribution in [3.63, 3.8) is 0 Å². The van der Waals surface area contributed by atoms with E-state index in [0.717, 1.165) is 5.56 Å². The van der Waals surface area contributed by atoms with E-state index in [1.807, 2.05) is 55.3 Å². The monoisotopic (exact) mass is 285 g/mol. The van der Waals surface area contributed by atoms with E-state index < -0.39 is 0 Å². The first-order valence-electron chi connectivity index (χ1n) is 7.08. The molecule has 2 aromatic rings. The SMILES string of the molecule is CC(c1ccccc1F)N(C)CC(=O)Cc1ccccc1. The molecule has 0 bridgehead atoms. The van der Waals surface area contributed by atoms with Gasteiger partial charge in [0.15, 0.2) is 5.78 Å². The highest BCUT2D eigenvalue weighted by atomic mass is 19.1. The first-order valence-corrected chi connectivity index (χ1v) is 7.08. The summed E-state index contributed by atoms with van der Waals surface area (Å²) >= 11 is 0. The molecule has 110 valence electrons. The quantitative estimate of drug-likeness (QED) is 0.808. The summed E-state index contributed by atoms with van der Waals surface area (Å²) in [6, 6.07) is 16.2. The minimum atomic E-state index is -0.229. The van der Waals surface area contributed by atoms with Crippen molar-refractivity contribution in [1.82, 2.24) is 4.90 Å². The largest absolute Gasteiger partial charge is 0.298 e. The van der Waals surface area contributed by atoms with E-state index in [4.69, 9.17) is 0 Å². The number of Topliss-reactive ketones (excluding diaryl/α,β-unsaturated/α-hetero) is 1. The smallest absolute Gasteiger partial charge is 0.151 e. The van der Waals surface area contributed by atoms with Gasteiger partial charge in [0.1, 0.15) is 5.82 Å². The Morgan fingerprint density at radius 3 is 2.38 bits per heavy atom. The molecule has 0 aliphatic carbocycles. The summed E-state index contributed by atoms with van der Waals surface area (Å²) in [6.07, 6.45) is 0.412. The van der Waals surface area contributed by atoms with Crippen LogP contribution in [0.2, 0.25) is 0 Å². The normalized spacial score (nSPS) is 12.4. The van der Waals surface area contributed by atoms with E-state index in [9.17, 15) is 9.18 Å². The minimum absolute atomic E-state index is 0.131. The van der Waals surface area contributed by atoms with Crippen LogP contribution in [0.1, 0.15) is 24.1 Å². The molecule has 0 N–H and O–H groups in total. The standard InChI is InChI=1S/C18H20FNO/c1-14(17-10-6-7-11-18(17)19)20(2)13-16(21)12-15-8-4-3-5-9-15/h3-11,14H,12-13H2,1-2H3. The molecule has 0 amide bonds. The molecule has 1 atom stereocenters. The zero-order chi connectivity index (χ0) is 15.2. The summed E-state index contributed by atoms with van der Waals surface area (Å²) in [5.74, 6) is -0.0979. The van der Waals surface area contributed by atoms with E-state index in [1.165, 1.54) is 6.07 Å². The number of likely N-dealkylation sites (N-methyl/N-ethyl adjacent to an activating group) is 1. The summed E-state index contributed by atoms with van der Waals surface area (Å²) in [6.45, 7) is 2.22. The van der Waals surface area contributed by atoms with E-state index in [1.54, 1.807) is 12.1 Å². The molecule has 0 saturated heterocycles. The lowest BCUT2D eigenvalue weighted by Crippen LogP contribution is -2.30. The molecule has 0 aliphatic rings. The lowest BCUT2D eigenvalue weighted by molar-refractivity contribution is -0.119. The van der Waals surface area contributed by atoms with Crippen LogP contribution in [0.3, 0.4) is 0 Å². The fourth-order valence-corrected chi connectivity index (χ4v) is 2.35. The number of ketones is 1. The van der Waals surface area contributed by atoms with Crippen molar-refractivity contribution in [3.05, 3.63) is 71.5 Å². The molecular formula is C18H20FNO. The first kappa shape index (κ1) is 15.4. The Morgan fingerprint density at radius 2 is 1.71 bits per heavy atom. The Kier molecular flexibility index (Phi) is 5.23. The Bertz CT molecular complexity index is 597. The number of rotatable bonds is 6. The lowest BCUT2D eigenvalue weighted by atomic mass is 10.1. The number of hydrogen-bond donors (Lipinski definition) is 0. The van der Waals surface area contributed by atoms with Gasteiger partial charge in [-0.15, -0.1) is 0 Å². The number of benzene rings is 2. The van der Waals surface area contributed by atoms with Gasteiger partial charge in [-0.3, -0.25) is 9.69 Å². The molecule has 21 heavy (non-hydrogen) atoms. The molecule has 0 saturated carbocycles. The van der Waals surface area contributed by atoms with Crippen LogP contribution in [-0.4, -0.2) is 24.3 Å². The first-order chi connectivity index (χ1) is 10.1. The lowest BCUT2D eigenvalue weighted by Gasteiger charge is -2.24. The number of halogens is 1. The average Bonchev–Trinajstić information content (AvgIpc) is 2.48. The van der Waals surface area contributed by atoms with Crippen molar-refractivity contribution in [3.8, 4) is 0 Å². The molecule has 1 unspecified atom stereocenters. The highest BCUT2D eigenvalue weighted by Crippen LogP contribution is 2.21. The van der Waals surface area contributed by atoms with Gasteiger partial charge in [0.05, 0.1) is 6.54 Å². The van der Waals surface area contributed by atoms with E-state index in [-0.39, 0.29) is 17.6 Å². The van der Waals surface area contributed by atoms with E-state index in [2.05, 4.69) is 0 Å². The van der Waals surface area contributed by atoms with E-state index in [0.29, 0.717) is 18.5 Å². The van der Waals surface area contributed by atoms with Gasteiger partial charge in [-0.25, -0.2) is 4.39 Å². The second-order valence-electron chi connectivity index (χ2n) is 5.31. The van der Waals surface area contributed by atoms with Gasteiger partial charge in [0, 0.05) is 18.0 Å². The molecule has 0 aromatic heterocycles. The molecule has 2 nitrogen and oxygen atoms in total. The Labute approximate surface area is 125 Å². The Morgan fingerprint density at radius 1 is 1.10 bits per heavy atom. The molecule has 2 aromatic carbocycles. The summed E-state index contributed by atoms with van der Waals surface area (Å²) in [4.78, 5) is 14.0. The number of carbonyl (C=O) groups is 1. The van der Waals surface area contributed by atoms with Crippen molar-refractivity contribution >= 4 is 5.78 Å². The summed E-state index contributed by atoms with van der Waals surface area (Å²) in [5.41, 5.74) is 1.63. The van der Waals surface area contributed by atoms with Gasteiger partial charge in [-0.2, -0.15) is 0 Å². The summed E-state index contributed by atoms with van der Waals surface area (Å²) in [7, 11) is 1.85. The van der Waals surface area contributed by atoms with Crippen molar-refractivity contribution in [2.75, 3.05) is 13.6 Å². The molecule has 0 fully saturated rings. The van der Waals surface area contributed by atoms with Gasteiger partial charge in [-0.1, -0.05) is 48.5 Å². The maximum absolute atomic E-state index is 13.8. The van der Waals surface area contributed by atoms with Gasteiger partial charge < -0.3 is 0 Å². The van der Waals surface area contributed by atoms with Crippen LogP contribution in [0.5, 0.6) is 0 Å². The zero-order valence-electron chi connectivity index (χ0n) is 12.4. The van der Waals surface area contributed by atoms with Crippen LogP contribution < -0.4 is 0 Å². The average molecular weight is 285 g/mol. The molecular weight excluding hydrogens is 265 g/mol. The van der Waals surface area contributed by atoms with Crippen LogP contribution in [-0.2, 0) is 11.2 Å². The predicted molar refractivity (Wildman–Crippen MR) is 82.6 cm³/mol. The van der Waals surface area contributed by atoms with Gasteiger partial charge in [0.25, 0.3) is 0 Å². The van der Waals surface area contributed by atoms with Gasteiger partial charge >= 0.3 is 0 Å². The third kappa shape index (κ3) is 4.23. The maximum atomic E-state index is 13.8. The maximum Gasteiger partial charge on any atom is 0.151 e. The van der Waals surface area contributed by atoms with Gasteiger partial charge in [0.2, 0.25) is 0 Å². The fourth-order valence-electron chi connectivity index (χ4n) is 2.35. The predicted octanol–water partition coefficient (Wildman–Crippen LogP) is 3.63. The number of nitrogens with zero attached hydrogens (tertiary/aromatic N) is 1. The highest BCUT2D eigenvalue weighted by molar-refractivity contribution is 5.82. The molecule has 2 rings (SSSR count). The summed E-state index contributed by atoms with van der Waals surface area (Å²) < 4.78 is 13.8. The van der Waals surface area contributed by atoms with E-state index >= 15 is 0 Å². The second kappa shape index (κ2) is 7.14. The molecule has 3 heteroatoms. The van der Waals surface area contributed by atoms with Crippen molar-refractivity contribution in [1.29, 1.82) is 0 Å². The molecule has 0 heterocycles. The molecule has 0 spiro atoms. The topological polar surface area (TPSA) is 20.3 Å². The second-order valence-corrected chi connectivity index (χ2v) is 5.31. The highest BCUT2D eigenvalue weighted by Gasteiger charge is 2.17. The molecule has 0 radical (unpaired) electrons. The van der Waals surface area contributed by atoms with Crippen LogP contribution in [0, 0.1) is 5.82 Å². The van der Waals surface area contributed by atoms with Crippen molar-refractivity contribution in [2.45, 2.75) is 19.4 Å². The van der Waals surface area contributed by atoms with Crippen molar-refractivity contribution < 1.29 is 9.18 Å². The van der Waals surface area contributed by atoms with Crippen molar-refractivity contribution in [2.24, 2.45) is 0 Å². The zero-order valence-corrected chi connectivity index (χ0v) is 12.4. The Balaban J connectivity index is 1.96. The third-order valence-corrected chi connectivity index (χ3v) is 3.69. The number of carbonyl (C=O) groups excluding carboxylic acids is 1.